The lowest BCUT2D eigenvalue weighted by atomic mass is 10.2. The van der Waals surface area contributed by atoms with Gasteiger partial charge in [0.05, 0.1) is 5.69 Å². The van der Waals surface area contributed by atoms with Gasteiger partial charge < -0.3 is 5.32 Å². The molecule has 0 saturated heterocycles. The molecule has 1 unspecified atom stereocenters. The molecule has 0 aliphatic carbocycles. The molecule has 0 amide bonds. The molecule has 1 N–H and O–H groups in total. The van der Waals surface area contributed by atoms with E-state index in [0.29, 0.717) is 11.9 Å². The van der Waals surface area contributed by atoms with Crippen LogP contribution in [0.2, 0.25) is 0 Å². The van der Waals surface area contributed by atoms with E-state index in [4.69, 9.17) is 0 Å². The van der Waals surface area contributed by atoms with E-state index < -0.39 is 0 Å². The highest BCUT2D eigenvalue weighted by Gasteiger charge is 2.15. The largest absolute Gasteiger partial charge is 0.310 e. The molecule has 0 bridgehead atoms. The van der Waals surface area contributed by atoms with Crippen LogP contribution in [0.15, 0.2) is 12.4 Å². The molecular formula is C13H18N4S. The summed E-state index contributed by atoms with van der Waals surface area (Å²) >= 11 is 1.67. The summed E-state index contributed by atoms with van der Waals surface area (Å²) in [6.45, 7) is 9.24. The highest BCUT2D eigenvalue weighted by atomic mass is 32.1. The summed E-state index contributed by atoms with van der Waals surface area (Å²) in [7, 11) is 0. The van der Waals surface area contributed by atoms with Crippen molar-refractivity contribution in [1.29, 1.82) is 0 Å². The van der Waals surface area contributed by atoms with Gasteiger partial charge in [0.15, 0.2) is 10.8 Å². The van der Waals surface area contributed by atoms with E-state index in [9.17, 15) is 0 Å². The van der Waals surface area contributed by atoms with Gasteiger partial charge >= 0.3 is 0 Å². The van der Waals surface area contributed by atoms with E-state index >= 15 is 0 Å². The topological polar surface area (TPSA) is 50.7 Å². The number of hydrogen-bond acceptors (Lipinski definition) is 5. The van der Waals surface area contributed by atoms with Crippen molar-refractivity contribution < 1.29 is 0 Å². The Morgan fingerprint density at radius 1 is 1.28 bits per heavy atom. The van der Waals surface area contributed by atoms with E-state index in [1.165, 1.54) is 4.88 Å². The maximum Gasteiger partial charge on any atom is 0.188 e. The first-order valence-corrected chi connectivity index (χ1v) is 6.93. The number of nitrogens with one attached hydrogen (secondary N) is 1. The van der Waals surface area contributed by atoms with Gasteiger partial charge in [-0.25, -0.2) is 15.0 Å². The predicted molar refractivity (Wildman–Crippen MR) is 74.7 cm³/mol. The molecule has 2 aromatic heterocycles. The molecule has 0 spiro atoms. The number of rotatable bonds is 4. The lowest BCUT2D eigenvalue weighted by molar-refractivity contribution is 0.603. The molecule has 0 aliphatic rings. The number of nitrogens with zero attached hydrogens (tertiary/aromatic N) is 3. The lowest BCUT2D eigenvalue weighted by Gasteiger charge is -2.09. The number of aryl methyl sites for hydroxylation is 2. The second-order valence-corrected chi connectivity index (χ2v) is 5.36. The fraction of sp³-hybridized carbons (Fsp3) is 0.462. The summed E-state index contributed by atoms with van der Waals surface area (Å²) in [4.78, 5) is 14.5. The van der Waals surface area contributed by atoms with E-state index in [-0.39, 0.29) is 0 Å². The average Bonchev–Trinajstić information content (AvgIpc) is 2.72. The third-order valence-corrected chi connectivity index (χ3v) is 4.04. The van der Waals surface area contributed by atoms with Gasteiger partial charge in [-0.2, -0.15) is 0 Å². The van der Waals surface area contributed by atoms with Gasteiger partial charge in [0, 0.05) is 23.3 Å². The molecule has 2 rings (SSSR count). The number of aromatic nitrogens is 3. The second-order valence-electron chi connectivity index (χ2n) is 4.33. The van der Waals surface area contributed by atoms with Crippen LogP contribution in [0.25, 0.3) is 10.8 Å². The van der Waals surface area contributed by atoms with Crippen LogP contribution in [-0.2, 0) is 0 Å². The average molecular weight is 262 g/mol. The van der Waals surface area contributed by atoms with Crippen molar-refractivity contribution in [3.63, 3.8) is 0 Å². The van der Waals surface area contributed by atoms with Crippen molar-refractivity contribution in [2.24, 2.45) is 0 Å². The normalized spacial score (nSPS) is 12.7. The molecule has 4 nitrogen and oxygen atoms in total. The van der Waals surface area contributed by atoms with Crippen LogP contribution in [0.5, 0.6) is 0 Å². The maximum absolute atomic E-state index is 4.57. The van der Waals surface area contributed by atoms with Gasteiger partial charge in [0.25, 0.3) is 0 Å². The zero-order chi connectivity index (χ0) is 13.1. The molecule has 0 radical (unpaired) electrons. The molecule has 0 fully saturated rings. The molecule has 18 heavy (non-hydrogen) atoms. The smallest absolute Gasteiger partial charge is 0.188 e. The van der Waals surface area contributed by atoms with E-state index in [2.05, 4.69) is 34.1 Å². The Labute approximate surface area is 112 Å². The summed E-state index contributed by atoms with van der Waals surface area (Å²) in [5.41, 5.74) is 2.13. The Hall–Kier alpha value is -1.33. The van der Waals surface area contributed by atoms with Gasteiger partial charge in [0.1, 0.15) is 0 Å². The highest BCUT2D eigenvalue weighted by Crippen LogP contribution is 2.29. The minimum absolute atomic E-state index is 0.326. The quantitative estimate of drug-likeness (QED) is 0.920. The third-order valence-electron chi connectivity index (χ3n) is 2.71. The molecular weight excluding hydrogens is 244 g/mol. The minimum Gasteiger partial charge on any atom is -0.310 e. The first kappa shape index (κ1) is 13.1. The number of hydrogen-bond donors (Lipinski definition) is 1. The monoisotopic (exact) mass is 262 g/mol. The van der Waals surface area contributed by atoms with E-state index in [1.54, 1.807) is 11.3 Å². The standard InChI is InChI=1S/C13H18N4S/c1-5-14-9(3)11-10(4)17-13(18-11)12-15-6-8(2)7-16-12/h6-7,9,14H,5H2,1-4H3. The van der Waals surface area contributed by atoms with Crippen LogP contribution in [0.1, 0.15) is 36.0 Å². The first-order chi connectivity index (χ1) is 8.61. The number of thiazole rings is 1. The van der Waals surface area contributed by atoms with Crippen molar-refractivity contribution in [2.75, 3.05) is 6.54 Å². The van der Waals surface area contributed by atoms with Gasteiger partial charge in [-0.3, -0.25) is 0 Å². The van der Waals surface area contributed by atoms with Crippen molar-refractivity contribution in [3.8, 4) is 10.8 Å². The molecule has 2 aromatic rings. The van der Waals surface area contributed by atoms with Crippen LogP contribution >= 0.6 is 11.3 Å². The van der Waals surface area contributed by atoms with E-state index in [1.807, 2.05) is 26.2 Å². The fourth-order valence-corrected chi connectivity index (χ4v) is 2.85. The van der Waals surface area contributed by atoms with Crippen LogP contribution in [0.3, 0.4) is 0 Å². The summed E-state index contributed by atoms with van der Waals surface area (Å²) in [6.07, 6.45) is 3.65. The van der Waals surface area contributed by atoms with Gasteiger partial charge in [-0.15, -0.1) is 11.3 Å². The third kappa shape index (κ3) is 2.73. The Bertz CT molecular complexity index is 518. The molecule has 2 heterocycles. The second kappa shape index (κ2) is 5.54. The molecule has 1 atom stereocenters. The van der Waals surface area contributed by atoms with Crippen LogP contribution in [-0.4, -0.2) is 21.5 Å². The lowest BCUT2D eigenvalue weighted by Crippen LogP contribution is -2.17. The van der Waals surface area contributed by atoms with E-state index in [0.717, 1.165) is 22.8 Å². The molecule has 0 saturated carbocycles. The van der Waals surface area contributed by atoms with Crippen molar-refractivity contribution in [3.05, 3.63) is 28.5 Å². The molecule has 5 heteroatoms. The Morgan fingerprint density at radius 3 is 2.56 bits per heavy atom. The Balaban J connectivity index is 2.30. The van der Waals surface area contributed by atoms with Crippen molar-refractivity contribution >= 4 is 11.3 Å². The molecule has 0 aliphatic heterocycles. The summed E-state index contributed by atoms with van der Waals surface area (Å²) in [5, 5.41) is 4.30. The highest BCUT2D eigenvalue weighted by molar-refractivity contribution is 7.15. The minimum atomic E-state index is 0.326. The zero-order valence-corrected chi connectivity index (χ0v) is 12.0. The van der Waals surface area contributed by atoms with Gasteiger partial charge in [-0.05, 0) is 32.9 Å². The SMILES string of the molecule is CCNC(C)c1sc(-c2ncc(C)cn2)nc1C. The van der Waals surface area contributed by atoms with Crippen molar-refractivity contribution in [1.82, 2.24) is 20.3 Å². The van der Waals surface area contributed by atoms with Crippen LogP contribution in [0, 0.1) is 13.8 Å². The van der Waals surface area contributed by atoms with Gasteiger partial charge in [-0.1, -0.05) is 6.92 Å². The molecule has 0 aromatic carbocycles. The first-order valence-electron chi connectivity index (χ1n) is 6.11. The summed E-state index contributed by atoms with van der Waals surface area (Å²) in [6, 6.07) is 0.326. The van der Waals surface area contributed by atoms with Crippen LogP contribution in [0.4, 0.5) is 0 Å². The summed E-state index contributed by atoms with van der Waals surface area (Å²) in [5.74, 6) is 0.712. The molecule has 96 valence electrons. The zero-order valence-electron chi connectivity index (χ0n) is 11.2. The predicted octanol–water partition coefficient (Wildman–Crippen LogP) is 2.89. The van der Waals surface area contributed by atoms with Crippen LogP contribution < -0.4 is 5.32 Å². The fourth-order valence-electron chi connectivity index (χ4n) is 1.81. The summed E-state index contributed by atoms with van der Waals surface area (Å²) < 4.78 is 0. The Morgan fingerprint density at radius 2 is 1.94 bits per heavy atom. The maximum atomic E-state index is 4.57. The van der Waals surface area contributed by atoms with Gasteiger partial charge in [0.2, 0.25) is 0 Å². The Kier molecular flexibility index (Phi) is 4.04. The van der Waals surface area contributed by atoms with Crippen molar-refractivity contribution in [2.45, 2.75) is 33.7 Å².